The van der Waals surface area contributed by atoms with Gasteiger partial charge in [-0.3, -0.25) is 0 Å². The number of aromatic carboxylic acids is 2. The van der Waals surface area contributed by atoms with Gasteiger partial charge in [-0.1, -0.05) is 73.5 Å². The first-order valence-electron chi connectivity index (χ1n) is 9.28. The van der Waals surface area contributed by atoms with Gasteiger partial charge in [0.15, 0.2) is 5.15 Å². The number of aromatic nitrogens is 2. The van der Waals surface area contributed by atoms with E-state index in [1.807, 2.05) is 19.1 Å². The molecule has 0 aliphatic carbocycles. The molecule has 0 N–H and O–H groups in total. The van der Waals surface area contributed by atoms with Crippen LogP contribution in [0.15, 0.2) is 48.5 Å². The zero-order valence-corrected chi connectivity index (χ0v) is 24.9. The van der Waals surface area contributed by atoms with Crippen molar-refractivity contribution in [3.05, 3.63) is 76.3 Å². The summed E-state index contributed by atoms with van der Waals surface area (Å²) in [5, 5.41) is 22.8. The summed E-state index contributed by atoms with van der Waals surface area (Å²) in [6, 6.07) is 13.8. The third-order valence-electron chi connectivity index (χ3n) is 4.70. The van der Waals surface area contributed by atoms with Crippen LogP contribution in [-0.2, 0) is 13.0 Å². The maximum absolute atomic E-state index is 11.5. The predicted octanol–water partition coefficient (Wildman–Crippen LogP) is -3.67. The molecule has 1 heterocycles. The summed E-state index contributed by atoms with van der Waals surface area (Å²) >= 11 is 6.03. The fraction of sp³-hybridized carbons (Fsp3) is 0.227. The molecule has 150 valence electrons. The van der Waals surface area contributed by atoms with Crippen LogP contribution >= 0.6 is 11.6 Å². The molecule has 0 saturated carbocycles. The maximum atomic E-state index is 11.5. The third-order valence-corrected chi connectivity index (χ3v) is 4.97. The Labute approximate surface area is 271 Å². The van der Waals surface area contributed by atoms with Crippen LogP contribution in [0.25, 0.3) is 11.1 Å². The van der Waals surface area contributed by atoms with E-state index in [2.05, 4.69) is 4.98 Å². The Morgan fingerprint density at radius 1 is 1.00 bits per heavy atom. The van der Waals surface area contributed by atoms with Crippen LogP contribution in [0, 0.1) is 0 Å². The third kappa shape index (κ3) is 7.32. The molecule has 6 nitrogen and oxygen atoms in total. The number of carbonyl (C=O) groups is 2. The summed E-state index contributed by atoms with van der Waals surface area (Å²) < 4.78 is 1.57. The van der Waals surface area contributed by atoms with Gasteiger partial charge in [-0.15, -0.1) is 0 Å². The molecule has 0 spiro atoms. The minimum atomic E-state index is -1.37. The standard InChI is InChI=1S/C22H21ClN2O4.2K/c1-2-3-8-18-24-20(23)19(22(28)29)25(18)13-14-9-11-15(12-10-14)16-6-4-5-7-17(16)21(26)27;;/h4-7,9-12H,2-3,8,13H2,1H3,(H,26,27)(H,28,29);;/q;2*+1/p-2. The number of carboxylic acids is 2. The van der Waals surface area contributed by atoms with Crippen molar-refractivity contribution in [3.63, 3.8) is 0 Å². The van der Waals surface area contributed by atoms with E-state index in [0.29, 0.717) is 17.8 Å². The summed E-state index contributed by atoms with van der Waals surface area (Å²) in [5.74, 6) is -2.01. The number of unbranched alkanes of at least 4 members (excludes halogenated alkanes) is 1. The van der Waals surface area contributed by atoms with E-state index in [1.54, 1.807) is 34.9 Å². The zero-order valence-electron chi connectivity index (χ0n) is 17.9. The van der Waals surface area contributed by atoms with E-state index in [1.165, 1.54) is 6.07 Å². The molecule has 9 heteroatoms. The average molecular weight is 489 g/mol. The fourth-order valence-electron chi connectivity index (χ4n) is 3.24. The second-order valence-electron chi connectivity index (χ2n) is 6.67. The summed E-state index contributed by atoms with van der Waals surface area (Å²) in [6.45, 7) is 2.31. The van der Waals surface area contributed by atoms with Gasteiger partial charge in [0, 0.05) is 18.5 Å². The van der Waals surface area contributed by atoms with Gasteiger partial charge in [-0.2, -0.15) is 0 Å². The molecule has 0 aliphatic rings. The number of nitrogens with zero attached hydrogens (tertiary/aromatic N) is 2. The number of aryl methyl sites for hydroxylation is 1. The van der Waals surface area contributed by atoms with E-state index in [9.17, 15) is 19.8 Å². The van der Waals surface area contributed by atoms with Crippen LogP contribution in [0.2, 0.25) is 5.15 Å². The molecular weight excluding hydrogens is 470 g/mol. The van der Waals surface area contributed by atoms with Gasteiger partial charge in [-0.05, 0) is 23.1 Å². The molecule has 0 radical (unpaired) electrons. The molecule has 3 rings (SSSR count). The Kier molecular flexibility index (Phi) is 13.0. The Bertz CT molecular complexity index is 1050. The van der Waals surface area contributed by atoms with Crippen LogP contribution in [-0.4, -0.2) is 21.5 Å². The molecule has 0 aliphatic heterocycles. The average Bonchev–Trinajstić information content (AvgIpc) is 3.02. The van der Waals surface area contributed by atoms with E-state index in [-0.39, 0.29) is 126 Å². The smallest absolute Gasteiger partial charge is 0.545 e. The molecular formula is C22H19ClK2N2O4. The van der Waals surface area contributed by atoms with Crippen molar-refractivity contribution in [2.75, 3.05) is 0 Å². The topological polar surface area (TPSA) is 98.1 Å². The van der Waals surface area contributed by atoms with Crippen molar-refractivity contribution < 1.29 is 123 Å². The van der Waals surface area contributed by atoms with Gasteiger partial charge in [0.25, 0.3) is 0 Å². The van der Waals surface area contributed by atoms with E-state index >= 15 is 0 Å². The summed E-state index contributed by atoms with van der Waals surface area (Å²) in [5.41, 5.74) is 2.09. The monoisotopic (exact) mass is 488 g/mol. The number of halogens is 1. The molecule has 0 fully saturated rings. The largest absolute Gasteiger partial charge is 1.00 e. The number of carboxylic acid groups (broad SMARTS) is 2. The number of imidazole rings is 1. The van der Waals surface area contributed by atoms with Crippen molar-refractivity contribution in [1.82, 2.24) is 9.55 Å². The van der Waals surface area contributed by atoms with Gasteiger partial charge >= 0.3 is 103 Å². The van der Waals surface area contributed by atoms with Crippen LogP contribution in [0.1, 0.15) is 52.0 Å². The van der Waals surface area contributed by atoms with E-state index in [4.69, 9.17) is 11.6 Å². The Balaban J connectivity index is 0.00000240. The first-order chi connectivity index (χ1) is 13.9. The first-order valence-corrected chi connectivity index (χ1v) is 9.66. The van der Waals surface area contributed by atoms with E-state index < -0.39 is 11.9 Å². The van der Waals surface area contributed by atoms with Gasteiger partial charge in [0.05, 0.1) is 11.9 Å². The molecule has 0 saturated heterocycles. The minimum absolute atomic E-state index is 0. The number of hydrogen-bond acceptors (Lipinski definition) is 5. The zero-order chi connectivity index (χ0) is 21.0. The number of hydrogen-bond donors (Lipinski definition) is 0. The molecule has 0 bridgehead atoms. The van der Waals surface area contributed by atoms with Crippen molar-refractivity contribution in [1.29, 1.82) is 0 Å². The SMILES string of the molecule is CCCCc1nc(Cl)c(C(=O)[O-])n1Cc1ccc(-c2ccccc2C(=O)[O-])cc1.[K+].[K+]. The van der Waals surface area contributed by atoms with Crippen LogP contribution in [0.5, 0.6) is 0 Å². The molecule has 0 unspecified atom stereocenters. The summed E-state index contributed by atoms with van der Waals surface area (Å²) in [6.07, 6.45) is 2.41. The molecule has 2 aromatic carbocycles. The number of benzene rings is 2. The molecule has 31 heavy (non-hydrogen) atoms. The quantitative estimate of drug-likeness (QED) is 0.304. The molecule has 3 aromatic rings. The second kappa shape index (κ2) is 13.8. The maximum Gasteiger partial charge on any atom is 1.00 e. The minimum Gasteiger partial charge on any atom is -0.545 e. The summed E-state index contributed by atoms with van der Waals surface area (Å²) in [7, 11) is 0. The van der Waals surface area contributed by atoms with Crippen LogP contribution in [0.4, 0.5) is 0 Å². The van der Waals surface area contributed by atoms with Crippen LogP contribution < -0.4 is 113 Å². The first kappa shape index (κ1) is 29.2. The predicted molar refractivity (Wildman–Crippen MR) is 105 cm³/mol. The normalized spacial score (nSPS) is 10.1. The Morgan fingerprint density at radius 3 is 2.23 bits per heavy atom. The molecule has 0 amide bonds. The number of carbonyl (C=O) groups excluding carboxylic acids is 2. The van der Waals surface area contributed by atoms with Crippen molar-refractivity contribution in [2.24, 2.45) is 0 Å². The Hall–Kier alpha value is 0.153. The van der Waals surface area contributed by atoms with Gasteiger partial charge in [0.1, 0.15) is 11.5 Å². The summed E-state index contributed by atoms with van der Waals surface area (Å²) in [4.78, 5) is 27.1. The van der Waals surface area contributed by atoms with Gasteiger partial charge in [0.2, 0.25) is 0 Å². The second-order valence-corrected chi connectivity index (χ2v) is 7.03. The fourth-order valence-corrected chi connectivity index (χ4v) is 3.52. The van der Waals surface area contributed by atoms with Crippen molar-refractivity contribution in [3.8, 4) is 11.1 Å². The number of rotatable bonds is 8. The van der Waals surface area contributed by atoms with Gasteiger partial charge in [-0.25, -0.2) is 4.98 Å². The van der Waals surface area contributed by atoms with Crippen LogP contribution in [0.3, 0.4) is 0 Å². The van der Waals surface area contributed by atoms with Crippen molar-refractivity contribution in [2.45, 2.75) is 32.7 Å². The van der Waals surface area contributed by atoms with Crippen molar-refractivity contribution >= 4 is 23.5 Å². The van der Waals surface area contributed by atoms with E-state index in [0.717, 1.165) is 24.0 Å². The Morgan fingerprint density at radius 2 is 1.65 bits per heavy atom. The molecule has 0 atom stereocenters. The van der Waals surface area contributed by atoms with Gasteiger partial charge < -0.3 is 24.4 Å². The molecule has 1 aromatic heterocycles.